The van der Waals surface area contributed by atoms with Crippen LogP contribution in [0.5, 0.6) is 5.75 Å². The molecule has 1 aliphatic heterocycles. The minimum absolute atomic E-state index is 0.0315. The topological polar surface area (TPSA) is 108 Å². The average Bonchev–Trinajstić information content (AvgIpc) is 3.35. The van der Waals surface area contributed by atoms with Crippen LogP contribution in [0, 0.1) is 0 Å². The van der Waals surface area contributed by atoms with Crippen LogP contribution in [0.25, 0.3) is 11.0 Å². The molecule has 4 rings (SSSR count). The molecule has 1 aromatic heterocycles. The molecular formula is C20H22N4O4S. The number of fused-ring (bicyclic) bond motifs is 1. The summed E-state index contributed by atoms with van der Waals surface area (Å²) in [5.74, 6) is 0.156. The van der Waals surface area contributed by atoms with Crippen LogP contribution in [0.15, 0.2) is 47.4 Å². The van der Waals surface area contributed by atoms with Gasteiger partial charge in [-0.05, 0) is 43.2 Å². The van der Waals surface area contributed by atoms with E-state index in [0.29, 0.717) is 18.9 Å². The van der Waals surface area contributed by atoms with Crippen LogP contribution in [0.1, 0.15) is 29.0 Å². The number of sulfonamides is 1. The molecule has 9 heteroatoms. The van der Waals surface area contributed by atoms with Crippen molar-refractivity contribution in [2.24, 2.45) is 12.8 Å². The van der Waals surface area contributed by atoms with Crippen LogP contribution in [0.3, 0.4) is 0 Å². The van der Waals surface area contributed by atoms with E-state index in [0.717, 1.165) is 23.9 Å². The van der Waals surface area contributed by atoms with E-state index >= 15 is 0 Å². The van der Waals surface area contributed by atoms with Gasteiger partial charge in [-0.3, -0.25) is 4.79 Å². The summed E-state index contributed by atoms with van der Waals surface area (Å²) < 4.78 is 34.7. The highest BCUT2D eigenvalue weighted by atomic mass is 32.2. The van der Waals surface area contributed by atoms with Crippen molar-refractivity contribution in [2.75, 3.05) is 13.1 Å². The van der Waals surface area contributed by atoms with Gasteiger partial charge in [-0.1, -0.05) is 12.1 Å². The number of benzene rings is 2. The molecule has 1 amide bonds. The van der Waals surface area contributed by atoms with E-state index in [2.05, 4.69) is 4.98 Å². The number of nitrogens with zero attached hydrogens (tertiary/aromatic N) is 3. The number of ether oxygens (including phenoxy) is 1. The lowest BCUT2D eigenvalue weighted by Crippen LogP contribution is -2.28. The van der Waals surface area contributed by atoms with E-state index in [-0.39, 0.29) is 22.8 Å². The fourth-order valence-corrected chi connectivity index (χ4v) is 5.08. The Hall–Kier alpha value is -2.91. The third kappa shape index (κ3) is 3.58. The second-order valence-corrected chi connectivity index (χ2v) is 8.94. The Kier molecular flexibility index (Phi) is 5.01. The highest BCUT2D eigenvalue weighted by Gasteiger charge is 2.28. The van der Waals surface area contributed by atoms with Crippen LogP contribution in [0.4, 0.5) is 0 Å². The SMILES string of the molecule is Cn1c(COc2ccc(S(=O)(=O)N3CCCC3)cc2C(N)=O)nc2ccccc21. The lowest BCUT2D eigenvalue weighted by atomic mass is 10.2. The van der Waals surface area contributed by atoms with Crippen molar-refractivity contribution < 1.29 is 17.9 Å². The summed E-state index contributed by atoms with van der Waals surface area (Å²) in [6, 6.07) is 11.9. The third-order valence-corrected chi connectivity index (χ3v) is 7.05. The smallest absolute Gasteiger partial charge is 0.252 e. The van der Waals surface area contributed by atoms with Crippen molar-refractivity contribution in [1.29, 1.82) is 0 Å². The van der Waals surface area contributed by atoms with Gasteiger partial charge in [0.1, 0.15) is 18.2 Å². The first-order valence-electron chi connectivity index (χ1n) is 9.35. The molecule has 0 atom stereocenters. The Balaban J connectivity index is 1.62. The molecule has 0 spiro atoms. The number of hydrogen-bond donors (Lipinski definition) is 1. The van der Waals surface area contributed by atoms with Gasteiger partial charge in [-0.15, -0.1) is 0 Å². The molecule has 0 radical (unpaired) electrons. The number of carbonyl (C=O) groups is 1. The zero-order valence-electron chi connectivity index (χ0n) is 16.0. The van der Waals surface area contributed by atoms with E-state index in [9.17, 15) is 13.2 Å². The molecule has 2 N–H and O–H groups in total. The van der Waals surface area contributed by atoms with Crippen molar-refractivity contribution in [3.63, 3.8) is 0 Å². The fourth-order valence-electron chi connectivity index (χ4n) is 3.53. The summed E-state index contributed by atoms with van der Waals surface area (Å²) in [5.41, 5.74) is 7.33. The molecule has 1 aliphatic rings. The molecule has 0 aliphatic carbocycles. The summed E-state index contributed by atoms with van der Waals surface area (Å²) >= 11 is 0. The molecule has 1 saturated heterocycles. The predicted octanol–water partition coefficient (Wildman–Crippen LogP) is 2.04. The van der Waals surface area contributed by atoms with Crippen molar-refractivity contribution >= 4 is 27.0 Å². The van der Waals surface area contributed by atoms with Crippen LogP contribution >= 0.6 is 0 Å². The normalized spacial score (nSPS) is 15.1. The summed E-state index contributed by atoms with van der Waals surface area (Å²) in [6.07, 6.45) is 1.67. The molecular weight excluding hydrogens is 392 g/mol. The van der Waals surface area contributed by atoms with Gasteiger partial charge in [0.2, 0.25) is 10.0 Å². The minimum Gasteiger partial charge on any atom is -0.485 e. The maximum atomic E-state index is 12.8. The zero-order chi connectivity index (χ0) is 20.6. The van der Waals surface area contributed by atoms with Gasteiger partial charge in [0.25, 0.3) is 5.91 Å². The molecule has 1 fully saturated rings. The maximum Gasteiger partial charge on any atom is 0.252 e. The lowest BCUT2D eigenvalue weighted by Gasteiger charge is -2.17. The maximum absolute atomic E-state index is 12.8. The molecule has 0 bridgehead atoms. The van der Waals surface area contributed by atoms with E-state index in [1.807, 2.05) is 35.9 Å². The molecule has 8 nitrogen and oxygen atoms in total. The summed E-state index contributed by atoms with van der Waals surface area (Å²) in [7, 11) is -1.77. The number of hydrogen-bond acceptors (Lipinski definition) is 5. The highest BCUT2D eigenvalue weighted by molar-refractivity contribution is 7.89. The van der Waals surface area contributed by atoms with Gasteiger partial charge in [0.05, 0.1) is 21.5 Å². The number of para-hydroxylation sites is 2. The quantitative estimate of drug-likeness (QED) is 0.664. The van der Waals surface area contributed by atoms with Crippen LogP contribution in [-0.2, 0) is 23.7 Å². The molecule has 0 saturated carbocycles. The van der Waals surface area contributed by atoms with E-state index in [1.165, 1.54) is 22.5 Å². The van der Waals surface area contributed by atoms with E-state index in [4.69, 9.17) is 10.5 Å². The van der Waals surface area contributed by atoms with Gasteiger partial charge in [-0.2, -0.15) is 4.31 Å². The third-order valence-electron chi connectivity index (χ3n) is 5.16. The summed E-state index contributed by atoms with van der Waals surface area (Å²) in [5, 5.41) is 0. The first-order chi connectivity index (χ1) is 13.9. The van der Waals surface area contributed by atoms with E-state index < -0.39 is 15.9 Å². The molecule has 29 heavy (non-hydrogen) atoms. The average molecular weight is 414 g/mol. The first kappa shape index (κ1) is 19.4. The number of rotatable bonds is 6. The molecule has 0 unspecified atom stereocenters. The number of aryl methyl sites for hydroxylation is 1. The van der Waals surface area contributed by atoms with E-state index in [1.54, 1.807) is 0 Å². The Morgan fingerprint density at radius 3 is 2.59 bits per heavy atom. The summed E-state index contributed by atoms with van der Waals surface area (Å²) in [6.45, 7) is 1.09. The number of aromatic nitrogens is 2. The van der Waals surface area contributed by atoms with Crippen molar-refractivity contribution in [2.45, 2.75) is 24.3 Å². The van der Waals surface area contributed by atoms with Crippen LogP contribution in [0.2, 0.25) is 0 Å². The van der Waals surface area contributed by atoms with Crippen molar-refractivity contribution in [3.8, 4) is 5.75 Å². The first-order valence-corrected chi connectivity index (χ1v) is 10.8. The van der Waals surface area contributed by atoms with Crippen molar-refractivity contribution in [1.82, 2.24) is 13.9 Å². The Morgan fingerprint density at radius 1 is 1.17 bits per heavy atom. The number of primary amides is 1. The highest BCUT2D eigenvalue weighted by Crippen LogP contribution is 2.27. The molecule has 152 valence electrons. The van der Waals surface area contributed by atoms with Crippen LogP contribution in [-0.4, -0.2) is 41.3 Å². The Morgan fingerprint density at radius 2 is 1.90 bits per heavy atom. The Bertz CT molecular complexity index is 1180. The van der Waals surface area contributed by atoms with Crippen molar-refractivity contribution in [3.05, 3.63) is 53.9 Å². The predicted molar refractivity (Wildman–Crippen MR) is 108 cm³/mol. The summed E-state index contributed by atoms with van der Waals surface area (Å²) in [4.78, 5) is 16.5. The number of nitrogens with two attached hydrogens (primary N) is 1. The lowest BCUT2D eigenvalue weighted by molar-refractivity contribution is 0.0995. The Labute approximate surface area is 168 Å². The van der Waals surface area contributed by atoms with Crippen LogP contribution < -0.4 is 10.5 Å². The molecule has 3 aromatic rings. The monoisotopic (exact) mass is 414 g/mol. The fraction of sp³-hybridized carbons (Fsp3) is 0.300. The zero-order valence-corrected chi connectivity index (χ0v) is 16.9. The largest absolute Gasteiger partial charge is 0.485 e. The minimum atomic E-state index is -3.65. The standard InChI is InChI=1S/C20H22N4O4S/c1-23-17-7-3-2-6-16(17)22-19(23)13-28-18-9-8-14(12-15(18)20(21)25)29(26,27)24-10-4-5-11-24/h2-3,6-9,12H,4-5,10-11,13H2,1H3,(H2,21,25). The number of amides is 1. The van der Waals surface area contributed by atoms with Gasteiger partial charge in [0.15, 0.2) is 0 Å². The molecule has 2 aromatic carbocycles. The molecule has 2 heterocycles. The second-order valence-electron chi connectivity index (χ2n) is 7.00. The van der Waals surface area contributed by atoms with Gasteiger partial charge in [-0.25, -0.2) is 13.4 Å². The number of carbonyl (C=O) groups excluding carboxylic acids is 1. The second kappa shape index (κ2) is 7.49. The number of imidazole rings is 1. The van der Waals surface area contributed by atoms with Gasteiger partial charge < -0.3 is 15.0 Å². The van der Waals surface area contributed by atoms with Gasteiger partial charge in [0, 0.05) is 20.1 Å². The van der Waals surface area contributed by atoms with Gasteiger partial charge >= 0.3 is 0 Å².